The van der Waals surface area contributed by atoms with Crippen molar-refractivity contribution in [3.05, 3.63) is 118 Å². The topological polar surface area (TPSA) is 138 Å². The molecule has 0 radical (unpaired) electrons. The van der Waals surface area contributed by atoms with Crippen LogP contribution in [0.5, 0.6) is 5.88 Å². The molecule has 4 aromatic heterocycles. The molecule has 8 rings (SSSR count). The number of carbonyl (C=O) groups is 1. The molecule has 1 aliphatic rings. The number of furan rings is 1. The number of H-pyrrole nitrogens is 1. The number of amides is 1. The zero-order chi connectivity index (χ0) is 35.2. The number of nitrogens with one attached hydrogen (secondary N) is 2. The van der Waals surface area contributed by atoms with Gasteiger partial charge in [-0.1, -0.05) is 18.2 Å². The van der Waals surface area contributed by atoms with Crippen molar-refractivity contribution in [3.63, 3.8) is 0 Å². The van der Waals surface area contributed by atoms with Crippen molar-refractivity contribution in [2.45, 2.75) is 33.4 Å². The first kappa shape index (κ1) is 31.9. The van der Waals surface area contributed by atoms with Crippen molar-refractivity contribution < 1.29 is 18.3 Å². The second kappa shape index (κ2) is 12.9. The molecule has 0 fully saturated rings. The van der Waals surface area contributed by atoms with Crippen LogP contribution in [-0.4, -0.2) is 48.6 Å². The summed E-state index contributed by atoms with van der Waals surface area (Å²) in [6, 6.07) is 22.0. The third-order valence-corrected chi connectivity index (χ3v) is 9.39. The zero-order valence-electron chi connectivity index (χ0n) is 28.2. The monoisotopic (exact) mass is 680 g/mol. The van der Waals surface area contributed by atoms with Gasteiger partial charge in [-0.05, 0) is 74.4 Å². The lowest BCUT2D eigenvalue weighted by atomic mass is 10.0. The maximum absolute atomic E-state index is 14.6. The number of pyridine rings is 1. The van der Waals surface area contributed by atoms with E-state index >= 15 is 0 Å². The smallest absolute Gasteiger partial charge is 0.255 e. The number of imidazole rings is 1. The maximum atomic E-state index is 14.6. The Morgan fingerprint density at radius 3 is 2.80 bits per heavy atom. The molecular weight excluding hydrogens is 647 g/mol. The fraction of sp³-hybridized carbons (Fsp3) is 0.205. The summed E-state index contributed by atoms with van der Waals surface area (Å²) in [6.45, 7) is 6.15. The first-order chi connectivity index (χ1) is 24.7. The molecule has 7 aromatic rings. The lowest BCUT2D eigenvalue weighted by Gasteiger charge is -2.25. The number of carbonyl (C=O) groups excluding carboxylic acids is 1. The van der Waals surface area contributed by atoms with Crippen molar-refractivity contribution in [2.24, 2.45) is 7.05 Å². The van der Waals surface area contributed by atoms with E-state index in [1.807, 2.05) is 62.5 Å². The molecule has 0 unspecified atom stereocenters. The summed E-state index contributed by atoms with van der Waals surface area (Å²) < 4.78 is 28.6. The Morgan fingerprint density at radius 1 is 1.10 bits per heavy atom. The number of ether oxygens (including phenoxy) is 1. The van der Waals surface area contributed by atoms with Gasteiger partial charge in [0.25, 0.3) is 5.91 Å². The van der Waals surface area contributed by atoms with E-state index in [1.54, 1.807) is 19.1 Å². The number of hydrogen-bond donors (Lipinski definition) is 2. The Bertz CT molecular complexity index is 2570. The highest BCUT2D eigenvalue weighted by Crippen LogP contribution is 2.29. The molecule has 3 aromatic carbocycles. The highest BCUT2D eigenvalue weighted by molar-refractivity contribution is 6.07. The highest BCUT2D eigenvalue weighted by atomic mass is 19.1. The van der Waals surface area contributed by atoms with Gasteiger partial charge in [0.2, 0.25) is 5.88 Å². The van der Waals surface area contributed by atoms with Crippen molar-refractivity contribution in [1.82, 2.24) is 29.6 Å². The lowest BCUT2D eigenvalue weighted by Crippen LogP contribution is -2.29. The number of benzene rings is 3. The number of aryl methyl sites for hydroxylation is 3. The van der Waals surface area contributed by atoms with Crippen LogP contribution in [0.15, 0.2) is 77.2 Å². The van der Waals surface area contributed by atoms with Gasteiger partial charge in [0.1, 0.15) is 29.3 Å². The molecular formula is C39H33FN8O3. The zero-order valence-corrected chi connectivity index (χ0v) is 28.2. The van der Waals surface area contributed by atoms with Crippen molar-refractivity contribution in [1.29, 1.82) is 5.26 Å². The number of nitrogens with zero attached hydrogens (tertiary/aromatic N) is 6. The Kier molecular flexibility index (Phi) is 8.04. The van der Waals surface area contributed by atoms with Crippen molar-refractivity contribution in [2.75, 3.05) is 18.4 Å². The number of fused-ring (bicyclic) bond motifs is 3. The van der Waals surface area contributed by atoms with E-state index in [0.29, 0.717) is 40.3 Å². The molecule has 12 heteroatoms. The van der Waals surface area contributed by atoms with Gasteiger partial charge in [0, 0.05) is 59.5 Å². The quantitative estimate of drug-likeness (QED) is 0.170. The van der Waals surface area contributed by atoms with Gasteiger partial charge in [-0.15, -0.1) is 0 Å². The molecule has 1 aliphatic heterocycles. The van der Waals surface area contributed by atoms with Crippen LogP contribution in [0, 0.1) is 31.0 Å². The molecule has 2 N–H and O–H groups in total. The number of anilines is 1. The van der Waals surface area contributed by atoms with Crippen LogP contribution < -0.4 is 10.1 Å². The van der Waals surface area contributed by atoms with Crippen molar-refractivity contribution >= 4 is 50.1 Å². The fourth-order valence-electron chi connectivity index (χ4n) is 6.63. The predicted molar refractivity (Wildman–Crippen MR) is 192 cm³/mol. The Labute approximate surface area is 292 Å². The van der Waals surface area contributed by atoms with Gasteiger partial charge < -0.3 is 19.0 Å². The molecule has 0 atom stereocenters. The summed E-state index contributed by atoms with van der Waals surface area (Å²) in [7, 11) is 1.99. The van der Waals surface area contributed by atoms with Crippen LogP contribution in [0.25, 0.3) is 38.5 Å². The standard InChI is InChI=1S/C39H33FN8O3/c1-22-15-30-25(19-41)7-8-26(38(30)51-22)21-50-36-6-4-5-32(44-36)24-11-13-48(14-12-24)20-35-43-33-18-28(9-10-34(33)47(35)3)42-39(49)27-16-29-23(2)45-46-37(29)31(40)17-27/h4-11,15-18H,12-14,20-21H2,1-3H3,(H,42,49)(H,45,46). The summed E-state index contributed by atoms with van der Waals surface area (Å²) in [5.41, 5.74) is 7.54. The molecule has 5 heterocycles. The number of aromatic nitrogens is 5. The average molecular weight is 681 g/mol. The minimum atomic E-state index is -0.548. The number of halogens is 1. The van der Waals surface area contributed by atoms with Gasteiger partial charge in [0.05, 0.1) is 34.9 Å². The van der Waals surface area contributed by atoms with Gasteiger partial charge in [-0.3, -0.25) is 14.8 Å². The largest absolute Gasteiger partial charge is 0.473 e. The van der Waals surface area contributed by atoms with Gasteiger partial charge in [-0.2, -0.15) is 10.4 Å². The SMILES string of the molecule is Cc1cc2c(C#N)ccc(COc3cccc(C4=CCN(Cc5nc6cc(NC(=O)c7cc(F)c8n[nH]c(C)c8c7)ccc6n5C)CC4)n3)c2o1. The van der Waals surface area contributed by atoms with Crippen LogP contribution in [0.3, 0.4) is 0 Å². The molecule has 254 valence electrons. The molecule has 0 bridgehead atoms. The minimum absolute atomic E-state index is 0.214. The number of aromatic amines is 1. The summed E-state index contributed by atoms with van der Waals surface area (Å²) in [5.74, 6) is 1.21. The lowest BCUT2D eigenvalue weighted by molar-refractivity contribution is 0.102. The number of rotatable bonds is 8. The summed E-state index contributed by atoms with van der Waals surface area (Å²) in [4.78, 5) is 25.1. The van der Waals surface area contributed by atoms with E-state index in [1.165, 1.54) is 6.07 Å². The highest BCUT2D eigenvalue weighted by Gasteiger charge is 2.19. The minimum Gasteiger partial charge on any atom is -0.473 e. The summed E-state index contributed by atoms with van der Waals surface area (Å²) in [5, 5.41) is 20.4. The maximum Gasteiger partial charge on any atom is 0.255 e. The normalized spacial score (nSPS) is 13.5. The Morgan fingerprint density at radius 2 is 1.98 bits per heavy atom. The van der Waals surface area contributed by atoms with E-state index in [9.17, 15) is 14.4 Å². The van der Waals surface area contributed by atoms with Crippen LogP contribution in [0.4, 0.5) is 10.1 Å². The van der Waals surface area contributed by atoms with Crippen LogP contribution >= 0.6 is 0 Å². The molecule has 1 amide bonds. The number of hydrogen-bond acceptors (Lipinski definition) is 8. The third kappa shape index (κ3) is 6.08. The van der Waals surface area contributed by atoms with E-state index in [0.717, 1.165) is 64.3 Å². The second-order valence-corrected chi connectivity index (χ2v) is 12.8. The summed E-state index contributed by atoms with van der Waals surface area (Å²) >= 11 is 0. The van der Waals surface area contributed by atoms with E-state index < -0.39 is 11.7 Å². The Hall–Kier alpha value is -6.32. The van der Waals surface area contributed by atoms with Crippen LogP contribution in [-0.2, 0) is 20.2 Å². The van der Waals surface area contributed by atoms with Crippen LogP contribution in [0.1, 0.15) is 50.9 Å². The second-order valence-electron chi connectivity index (χ2n) is 12.8. The van der Waals surface area contributed by atoms with Crippen LogP contribution in [0.2, 0.25) is 0 Å². The summed E-state index contributed by atoms with van der Waals surface area (Å²) in [6.07, 6.45) is 3.02. The molecule has 0 saturated heterocycles. The van der Waals surface area contributed by atoms with Gasteiger partial charge >= 0.3 is 0 Å². The first-order valence-corrected chi connectivity index (χ1v) is 16.6. The number of nitriles is 1. The first-order valence-electron chi connectivity index (χ1n) is 16.6. The molecule has 0 spiro atoms. The molecule has 11 nitrogen and oxygen atoms in total. The third-order valence-electron chi connectivity index (χ3n) is 9.39. The molecule has 51 heavy (non-hydrogen) atoms. The predicted octanol–water partition coefficient (Wildman–Crippen LogP) is 7.34. The van der Waals surface area contributed by atoms with Gasteiger partial charge in [0.15, 0.2) is 5.82 Å². The van der Waals surface area contributed by atoms with Crippen molar-refractivity contribution in [3.8, 4) is 11.9 Å². The molecule has 0 saturated carbocycles. The fourth-order valence-corrected chi connectivity index (χ4v) is 6.63. The average Bonchev–Trinajstić information content (AvgIpc) is 3.81. The van der Waals surface area contributed by atoms with E-state index in [-0.39, 0.29) is 17.7 Å². The van der Waals surface area contributed by atoms with E-state index in [4.69, 9.17) is 19.1 Å². The Balaban J connectivity index is 0.918. The van der Waals surface area contributed by atoms with Gasteiger partial charge in [-0.25, -0.2) is 14.4 Å². The van der Waals surface area contributed by atoms with E-state index in [2.05, 4.69) is 37.1 Å². The molecule has 0 aliphatic carbocycles.